The van der Waals surface area contributed by atoms with Crippen LogP contribution in [0.15, 0.2) is 24.3 Å². The molecule has 0 aliphatic carbocycles. The predicted octanol–water partition coefficient (Wildman–Crippen LogP) is 5.54. The van der Waals surface area contributed by atoms with Crippen LogP contribution < -0.4 is 4.74 Å². The molecule has 2 rings (SSSR count). The van der Waals surface area contributed by atoms with E-state index >= 15 is 0 Å². The molecule has 2 heteroatoms. The van der Waals surface area contributed by atoms with Crippen LogP contribution in [0.25, 0.3) is 0 Å². The molecule has 0 spiro atoms. The highest BCUT2D eigenvalue weighted by atomic mass is 16.6. The molecule has 1 atom stereocenters. The van der Waals surface area contributed by atoms with Crippen LogP contribution >= 0.6 is 0 Å². The minimum Gasteiger partial charge on any atom is -0.491 e. The zero-order chi connectivity index (χ0) is 15.5. The van der Waals surface area contributed by atoms with Crippen LogP contribution in [0.5, 0.6) is 5.75 Å². The summed E-state index contributed by atoms with van der Waals surface area (Å²) in [5, 5.41) is 0. The molecule has 1 saturated heterocycles. The lowest BCUT2D eigenvalue weighted by Crippen LogP contribution is -2.03. The van der Waals surface area contributed by atoms with E-state index in [4.69, 9.17) is 9.47 Å². The molecule has 1 unspecified atom stereocenters. The summed E-state index contributed by atoms with van der Waals surface area (Å²) in [4.78, 5) is 0. The Balaban J connectivity index is 1.46. The van der Waals surface area contributed by atoms with Gasteiger partial charge in [-0.3, -0.25) is 0 Å². The maximum Gasteiger partial charge on any atom is 0.119 e. The Morgan fingerprint density at radius 3 is 2.09 bits per heavy atom. The van der Waals surface area contributed by atoms with Crippen molar-refractivity contribution in [2.75, 3.05) is 13.2 Å². The number of hydrogen-bond donors (Lipinski definition) is 0. The summed E-state index contributed by atoms with van der Waals surface area (Å²) in [5.74, 6) is 0.964. The summed E-state index contributed by atoms with van der Waals surface area (Å²) in [7, 11) is 0. The average molecular weight is 304 g/mol. The Morgan fingerprint density at radius 2 is 1.50 bits per heavy atom. The SMILES string of the molecule is CCCCCCCCCCCc1ccc(OCC2CO2)cc1. The molecular formula is C20H32O2. The first-order valence-electron chi connectivity index (χ1n) is 9.22. The molecule has 0 bridgehead atoms. The minimum atomic E-state index is 0.335. The number of aryl methyl sites for hydroxylation is 1. The van der Waals surface area contributed by atoms with Gasteiger partial charge in [-0.25, -0.2) is 0 Å². The van der Waals surface area contributed by atoms with Crippen LogP contribution in [0, 0.1) is 0 Å². The summed E-state index contributed by atoms with van der Waals surface area (Å²) in [6.07, 6.45) is 14.1. The van der Waals surface area contributed by atoms with Gasteiger partial charge in [-0.15, -0.1) is 0 Å². The van der Waals surface area contributed by atoms with Gasteiger partial charge in [0.2, 0.25) is 0 Å². The van der Waals surface area contributed by atoms with Crippen molar-refractivity contribution >= 4 is 0 Å². The van der Waals surface area contributed by atoms with Crippen LogP contribution in [0.3, 0.4) is 0 Å². The molecule has 0 saturated carbocycles. The molecular weight excluding hydrogens is 272 g/mol. The molecule has 0 aromatic heterocycles. The molecule has 22 heavy (non-hydrogen) atoms. The summed E-state index contributed by atoms with van der Waals surface area (Å²) < 4.78 is 10.8. The van der Waals surface area contributed by atoms with Crippen LogP contribution in [0.2, 0.25) is 0 Å². The topological polar surface area (TPSA) is 21.8 Å². The first-order chi connectivity index (χ1) is 10.9. The molecule has 1 fully saturated rings. The van der Waals surface area contributed by atoms with Gasteiger partial charge >= 0.3 is 0 Å². The highest BCUT2D eigenvalue weighted by molar-refractivity contribution is 5.27. The summed E-state index contributed by atoms with van der Waals surface area (Å²) in [5.41, 5.74) is 1.43. The summed E-state index contributed by atoms with van der Waals surface area (Å²) >= 11 is 0. The quantitative estimate of drug-likeness (QED) is 0.352. The third-order valence-corrected chi connectivity index (χ3v) is 4.33. The zero-order valence-corrected chi connectivity index (χ0v) is 14.2. The van der Waals surface area contributed by atoms with Crippen LogP contribution in [-0.4, -0.2) is 19.3 Å². The molecule has 0 amide bonds. The number of unbranched alkanes of at least 4 members (excludes halogenated alkanes) is 8. The van der Waals surface area contributed by atoms with Gasteiger partial charge in [-0.2, -0.15) is 0 Å². The lowest BCUT2D eigenvalue weighted by Gasteiger charge is -2.06. The highest BCUT2D eigenvalue weighted by Gasteiger charge is 2.22. The second kappa shape index (κ2) is 10.7. The highest BCUT2D eigenvalue weighted by Crippen LogP contribution is 2.17. The number of benzene rings is 1. The molecule has 2 nitrogen and oxygen atoms in total. The second-order valence-corrected chi connectivity index (χ2v) is 6.49. The zero-order valence-electron chi connectivity index (χ0n) is 14.2. The van der Waals surface area contributed by atoms with Crippen molar-refractivity contribution in [3.8, 4) is 5.75 Å². The monoisotopic (exact) mass is 304 g/mol. The largest absolute Gasteiger partial charge is 0.491 e. The Kier molecular flexibility index (Phi) is 8.40. The van der Waals surface area contributed by atoms with Crippen molar-refractivity contribution in [3.63, 3.8) is 0 Å². The van der Waals surface area contributed by atoms with Crippen molar-refractivity contribution in [1.29, 1.82) is 0 Å². The van der Waals surface area contributed by atoms with Crippen LogP contribution in [-0.2, 0) is 11.2 Å². The number of epoxide rings is 1. The second-order valence-electron chi connectivity index (χ2n) is 6.49. The Hall–Kier alpha value is -1.02. The Labute approximate surface area is 136 Å². The lowest BCUT2D eigenvalue weighted by atomic mass is 10.0. The molecule has 1 aromatic carbocycles. The van der Waals surface area contributed by atoms with Crippen molar-refractivity contribution in [1.82, 2.24) is 0 Å². The van der Waals surface area contributed by atoms with Gasteiger partial charge in [0.05, 0.1) is 6.61 Å². The van der Waals surface area contributed by atoms with E-state index in [2.05, 4.69) is 31.2 Å². The molecule has 124 valence electrons. The van der Waals surface area contributed by atoms with E-state index in [0.717, 1.165) is 12.4 Å². The third kappa shape index (κ3) is 7.84. The summed E-state index contributed by atoms with van der Waals surface area (Å²) in [6.45, 7) is 3.83. The van der Waals surface area contributed by atoms with E-state index in [1.807, 2.05) is 0 Å². The normalized spacial score (nSPS) is 16.7. The number of hydrogen-bond acceptors (Lipinski definition) is 2. The fourth-order valence-electron chi connectivity index (χ4n) is 2.75. The fraction of sp³-hybridized carbons (Fsp3) is 0.700. The third-order valence-electron chi connectivity index (χ3n) is 4.33. The van der Waals surface area contributed by atoms with Gasteiger partial charge in [0.25, 0.3) is 0 Å². The molecule has 1 aromatic rings. The van der Waals surface area contributed by atoms with Crippen LogP contribution in [0.1, 0.15) is 70.3 Å². The number of ether oxygens (including phenoxy) is 2. The standard InChI is InChI=1S/C20H32O2/c1-2-3-4-5-6-7-8-9-10-11-18-12-14-19(15-13-18)21-16-20-17-22-20/h12-15,20H,2-11,16-17H2,1H3. The van der Waals surface area contributed by atoms with Crippen molar-refractivity contribution in [3.05, 3.63) is 29.8 Å². The fourth-order valence-corrected chi connectivity index (χ4v) is 2.75. The van der Waals surface area contributed by atoms with E-state index in [1.54, 1.807) is 0 Å². The minimum absolute atomic E-state index is 0.335. The summed E-state index contributed by atoms with van der Waals surface area (Å²) in [6, 6.07) is 8.58. The first kappa shape index (κ1) is 17.3. The maximum absolute atomic E-state index is 5.66. The Morgan fingerprint density at radius 1 is 0.909 bits per heavy atom. The Bertz CT molecular complexity index is 381. The van der Waals surface area contributed by atoms with Gasteiger partial charge in [0, 0.05) is 0 Å². The van der Waals surface area contributed by atoms with Crippen molar-refractivity contribution in [2.45, 2.75) is 77.2 Å². The van der Waals surface area contributed by atoms with E-state index in [1.165, 1.54) is 69.8 Å². The van der Waals surface area contributed by atoms with Crippen molar-refractivity contribution < 1.29 is 9.47 Å². The molecule has 0 radical (unpaired) electrons. The van der Waals surface area contributed by atoms with Gasteiger partial charge in [0.15, 0.2) is 0 Å². The average Bonchev–Trinajstić information content (AvgIpc) is 3.37. The van der Waals surface area contributed by atoms with Crippen LogP contribution in [0.4, 0.5) is 0 Å². The van der Waals surface area contributed by atoms with Gasteiger partial charge in [-0.05, 0) is 30.5 Å². The smallest absolute Gasteiger partial charge is 0.119 e. The van der Waals surface area contributed by atoms with Gasteiger partial charge in [0.1, 0.15) is 18.5 Å². The van der Waals surface area contributed by atoms with E-state index < -0.39 is 0 Å². The first-order valence-corrected chi connectivity index (χ1v) is 9.22. The maximum atomic E-state index is 5.66. The molecule has 0 N–H and O–H groups in total. The number of rotatable bonds is 13. The van der Waals surface area contributed by atoms with E-state index in [0.29, 0.717) is 12.7 Å². The molecule has 1 aliphatic heterocycles. The van der Waals surface area contributed by atoms with Gasteiger partial charge < -0.3 is 9.47 Å². The van der Waals surface area contributed by atoms with E-state index in [-0.39, 0.29) is 0 Å². The predicted molar refractivity (Wildman–Crippen MR) is 92.6 cm³/mol. The van der Waals surface area contributed by atoms with Gasteiger partial charge in [-0.1, -0.05) is 70.4 Å². The van der Waals surface area contributed by atoms with E-state index in [9.17, 15) is 0 Å². The molecule has 1 aliphatic rings. The lowest BCUT2D eigenvalue weighted by molar-refractivity contribution is 0.263. The molecule has 1 heterocycles. The van der Waals surface area contributed by atoms with Crippen molar-refractivity contribution in [2.24, 2.45) is 0 Å².